The number of aromatic nitrogens is 3. The molecule has 1 aromatic heterocycles. The third-order valence-electron chi connectivity index (χ3n) is 5.41. The monoisotopic (exact) mass is 499 g/mol. The van der Waals surface area contributed by atoms with Crippen molar-refractivity contribution in [3.8, 4) is 0 Å². The van der Waals surface area contributed by atoms with Crippen LogP contribution in [0.25, 0.3) is 0 Å². The van der Waals surface area contributed by atoms with Gasteiger partial charge in [0, 0.05) is 12.7 Å². The topological polar surface area (TPSA) is 88.9 Å². The number of carbonyl (C=O) groups excluding carboxylic acids is 2. The fourth-order valence-electron chi connectivity index (χ4n) is 3.39. The number of halogens is 1. The molecule has 2 amide bonds. The Morgan fingerprint density at radius 1 is 1.03 bits per heavy atom. The number of nitrogens with one attached hydrogen (secondary N) is 2. The standard InChI is InChI=1S/C25H30ClN5O2S/c1-15(2)17-10-12-18(13-11-17)27-21(32)14-34-25-30-29-23(31(25)5)22(16(3)4)28-24(33)19-8-6-7-9-20(19)26/h6-13,15-16,22H,14H2,1-5H3,(H,27,32)(H,28,33)/t22-/m0/s1. The Balaban J connectivity index is 1.64. The van der Waals surface area contributed by atoms with Gasteiger partial charge in [0.1, 0.15) is 0 Å². The van der Waals surface area contributed by atoms with E-state index in [0.717, 1.165) is 5.69 Å². The molecule has 0 aliphatic heterocycles. The van der Waals surface area contributed by atoms with Crippen LogP contribution < -0.4 is 10.6 Å². The Morgan fingerprint density at radius 2 is 1.71 bits per heavy atom. The zero-order valence-corrected chi connectivity index (χ0v) is 21.6. The smallest absolute Gasteiger partial charge is 0.253 e. The summed E-state index contributed by atoms with van der Waals surface area (Å²) in [4.78, 5) is 25.2. The molecule has 0 unspecified atom stereocenters. The number of benzene rings is 2. The van der Waals surface area contributed by atoms with Gasteiger partial charge in [-0.3, -0.25) is 9.59 Å². The van der Waals surface area contributed by atoms with Crippen molar-refractivity contribution in [1.82, 2.24) is 20.1 Å². The Hall–Kier alpha value is -2.84. The van der Waals surface area contributed by atoms with Gasteiger partial charge < -0.3 is 15.2 Å². The SMILES string of the molecule is CC(C)c1ccc(NC(=O)CSc2nnc([C@@H](NC(=O)c3ccccc3Cl)C(C)C)n2C)cc1. The van der Waals surface area contributed by atoms with Crippen LogP contribution in [0.15, 0.2) is 53.7 Å². The molecule has 0 aliphatic rings. The van der Waals surface area contributed by atoms with Crippen LogP contribution >= 0.6 is 23.4 Å². The third kappa shape index (κ3) is 6.39. The van der Waals surface area contributed by atoms with Gasteiger partial charge in [0.15, 0.2) is 11.0 Å². The van der Waals surface area contributed by atoms with Crippen molar-refractivity contribution in [2.24, 2.45) is 13.0 Å². The van der Waals surface area contributed by atoms with Gasteiger partial charge in [-0.1, -0.05) is 75.3 Å². The molecule has 0 fully saturated rings. The second-order valence-corrected chi connectivity index (χ2v) is 10.0. The van der Waals surface area contributed by atoms with E-state index in [9.17, 15) is 9.59 Å². The number of rotatable bonds is 9. The number of carbonyl (C=O) groups is 2. The normalized spacial score (nSPS) is 12.1. The maximum atomic E-state index is 12.8. The van der Waals surface area contributed by atoms with E-state index >= 15 is 0 Å². The number of anilines is 1. The Morgan fingerprint density at radius 3 is 2.32 bits per heavy atom. The van der Waals surface area contributed by atoms with Crippen molar-refractivity contribution >= 4 is 40.9 Å². The summed E-state index contributed by atoms with van der Waals surface area (Å²) in [6.07, 6.45) is 0. The Kier molecular flexibility index (Phi) is 8.74. The first-order valence-electron chi connectivity index (χ1n) is 11.1. The van der Waals surface area contributed by atoms with Crippen LogP contribution in [0.2, 0.25) is 5.02 Å². The van der Waals surface area contributed by atoms with E-state index in [1.807, 2.05) is 49.7 Å². The summed E-state index contributed by atoms with van der Waals surface area (Å²) in [6.45, 7) is 8.25. The quantitative estimate of drug-likeness (QED) is 0.382. The van der Waals surface area contributed by atoms with Crippen LogP contribution in [0.4, 0.5) is 5.69 Å². The maximum absolute atomic E-state index is 12.8. The number of thioether (sulfide) groups is 1. The summed E-state index contributed by atoms with van der Waals surface area (Å²) >= 11 is 7.47. The van der Waals surface area contributed by atoms with Crippen LogP contribution in [-0.4, -0.2) is 32.3 Å². The van der Waals surface area contributed by atoms with E-state index in [-0.39, 0.29) is 29.5 Å². The molecular weight excluding hydrogens is 470 g/mol. The molecule has 1 atom stereocenters. The van der Waals surface area contributed by atoms with E-state index < -0.39 is 0 Å². The Bertz CT molecular complexity index is 1140. The van der Waals surface area contributed by atoms with Crippen LogP contribution in [0.3, 0.4) is 0 Å². The molecule has 0 saturated heterocycles. The fourth-order valence-corrected chi connectivity index (χ4v) is 4.33. The molecule has 2 aromatic carbocycles. The van der Waals surface area contributed by atoms with E-state index in [1.54, 1.807) is 24.3 Å². The average molecular weight is 500 g/mol. The van der Waals surface area contributed by atoms with E-state index in [1.165, 1.54) is 17.3 Å². The first kappa shape index (κ1) is 25.8. The van der Waals surface area contributed by atoms with Crippen LogP contribution in [0.5, 0.6) is 0 Å². The molecule has 0 aliphatic carbocycles. The van der Waals surface area contributed by atoms with Crippen molar-refractivity contribution in [2.75, 3.05) is 11.1 Å². The first-order valence-corrected chi connectivity index (χ1v) is 12.5. The van der Waals surface area contributed by atoms with Crippen LogP contribution in [0.1, 0.15) is 61.4 Å². The van der Waals surface area contributed by atoms with Crippen molar-refractivity contribution in [1.29, 1.82) is 0 Å². The molecule has 9 heteroatoms. The highest BCUT2D eigenvalue weighted by molar-refractivity contribution is 7.99. The molecule has 7 nitrogen and oxygen atoms in total. The first-order chi connectivity index (χ1) is 16.2. The molecule has 180 valence electrons. The van der Waals surface area contributed by atoms with E-state index in [0.29, 0.717) is 27.5 Å². The minimum absolute atomic E-state index is 0.0595. The summed E-state index contributed by atoms with van der Waals surface area (Å²) < 4.78 is 1.81. The zero-order chi connectivity index (χ0) is 24.8. The largest absolute Gasteiger partial charge is 0.342 e. The molecular formula is C25H30ClN5O2S. The van der Waals surface area contributed by atoms with Crippen LogP contribution in [0, 0.1) is 5.92 Å². The molecule has 0 saturated carbocycles. The summed E-state index contributed by atoms with van der Waals surface area (Å²) in [5.74, 6) is 0.904. The van der Waals surface area contributed by atoms with Gasteiger partial charge in [-0.05, 0) is 41.7 Å². The number of hydrogen-bond donors (Lipinski definition) is 2. The molecule has 3 rings (SSSR count). The van der Waals surface area contributed by atoms with Crippen molar-refractivity contribution in [3.63, 3.8) is 0 Å². The Labute approximate surface area is 209 Å². The highest BCUT2D eigenvalue weighted by Crippen LogP contribution is 2.25. The zero-order valence-electron chi connectivity index (χ0n) is 20.0. The predicted molar refractivity (Wildman–Crippen MR) is 137 cm³/mol. The lowest BCUT2D eigenvalue weighted by molar-refractivity contribution is -0.113. The maximum Gasteiger partial charge on any atom is 0.253 e. The van der Waals surface area contributed by atoms with E-state index in [4.69, 9.17) is 11.6 Å². The molecule has 0 radical (unpaired) electrons. The van der Waals surface area contributed by atoms with Crippen molar-refractivity contribution < 1.29 is 9.59 Å². The lowest BCUT2D eigenvalue weighted by Crippen LogP contribution is -2.33. The summed E-state index contributed by atoms with van der Waals surface area (Å²) in [5.41, 5.74) is 2.39. The molecule has 2 N–H and O–H groups in total. The number of amides is 2. The third-order valence-corrected chi connectivity index (χ3v) is 6.76. The lowest BCUT2D eigenvalue weighted by Gasteiger charge is -2.22. The molecule has 34 heavy (non-hydrogen) atoms. The van der Waals surface area contributed by atoms with Gasteiger partial charge in [0.05, 0.1) is 22.4 Å². The van der Waals surface area contributed by atoms with Crippen molar-refractivity contribution in [3.05, 3.63) is 70.5 Å². The van der Waals surface area contributed by atoms with Crippen LogP contribution in [-0.2, 0) is 11.8 Å². The lowest BCUT2D eigenvalue weighted by atomic mass is 10.0. The minimum Gasteiger partial charge on any atom is -0.342 e. The van der Waals surface area contributed by atoms with Gasteiger partial charge in [0.2, 0.25) is 5.91 Å². The second-order valence-electron chi connectivity index (χ2n) is 8.69. The highest BCUT2D eigenvalue weighted by Gasteiger charge is 2.26. The van der Waals surface area contributed by atoms with Gasteiger partial charge in [-0.15, -0.1) is 10.2 Å². The van der Waals surface area contributed by atoms with Gasteiger partial charge in [-0.2, -0.15) is 0 Å². The summed E-state index contributed by atoms with van der Waals surface area (Å²) in [5, 5.41) is 15.5. The summed E-state index contributed by atoms with van der Waals surface area (Å²) in [6, 6.07) is 14.4. The predicted octanol–water partition coefficient (Wildman–Crippen LogP) is 5.45. The number of hydrogen-bond acceptors (Lipinski definition) is 5. The highest BCUT2D eigenvalue weighted by atomic mass is 35.5. The van der Waals surface area contributed by atoms with Gasteiger partial charge >= 0.3 is 0 Å². The minimum atomic E-state index is -0.371. The van der Waals surface area contributed by atoms with Gasteiger partial charge in [-0.25, -0.2) is 0 Å². The molecule has 0 bridgehead atoms. The number of nitrogens with zero attached hydrogens (tertiary/aromatic N) is 3. The average Bonchev–Trinajstić information content (AvgIpc) is 3.16. The van der Waals surface area contributed by atoms with Crippen molar-refractivity contribution in [2.45, 2.75) is 44.8 Å². The second kappa shape index (κ2) is 11.5. The molecule has 0 spiro atoms. The molecule has 3 aromatic rings. The fraction of sp³-hybridized carbons (Fsp3) is 0.360. The van der Waals surface area contributed by atoms with E-state index in [2.05, 4.69) is 34.7 Å². The summed E-state index contributed by atoms with van der Waals surface area (Å²) in [7, 11) is 1.83. The van der Waals surface area contributed by atoms with Gasteiger partial charge in [0.25, 0.3) is 5.91 Å². The molecule has 1 heterocycles.